The second kappa shape index (κ2) is 10.1. The van der Waals surface area contributed by atoms with Gasteiger partial charge < -0.3 is 10.2 Å². The standard InChI is InChI=1S/C23H24N2O4S/c26-22(15-18-30(28,29)21-8-2-1-3-9-21)24-16-6-7-19-11-13-20(14-12-19)25-17-5-4-10-23(25)27/h1-3,8-9,11-14H,4-5,10,15-18H2,(H,24,26). The molecule has 0 saturated carbocycles. The number of hydrogen-bond donors (Lipinski definition) is 1. The lowest BCUT2D eigenvalue weighted by Gasteiger charge is -2.26. The molecule has 2 amide bonds. The van der Waals surface area contributed by atoms with Gasteiger partial charge in [-0.1, -0.05) is 30.0 Å². The van der Waals surface area contributed by atoms with Crippen LogP contribution in [0.4, 0.5) is 5.69 Å². The molecule has 30 heavy (non-hydrogen) atoms. The van der Waals surface area contributed by atoms with Crippen LogP contribution in [0.25, 0.3) is 0 Å². The zero-order valence-corrected chi connectivity index (χ0v) is 17.5. The van der Waals surface area contributed by atoms with Gasteiger partial charge in [0.1, 0.15) is 0 Å². The van der Waals surface area contributed by atoms with Crippen molar-refractivity contribution in [2.75, 3.05) is 23.7 Å². The maximum absolute atomic E-state index is 12.2. The fraction of sp³-hybridized carbons (Fsp3) is 0.304. The van der Waals surface area contributed by atoms with Crippen LogP contribution in [0.3, 0.4) is 0 Å². The molecule has 7 heteroatoms. The van der Waals surface area contributed by atoms with Gasteiger partial charge in [-0.05, 0) is 49.2 Å². The minimum atomic E-state index is -3.47. The summed E-state index contributed by atoms with van der Waals surface area (Å²) < 4.78 is 24.4. The second-order valence-corrected chi connectivity index (χ2v) is 9.12. The van der Waals surface area contributed by atoms with E-state index in [4.69, 9.17) is 0 Å². The highest BCUT2D eigenvalue weighted by Crippen LogP contribution is 2.21. The Morgan fingerprint density at radius 3 is 2.47 bits per heavy atom. The van der Waals surface area contributed by atoms with Crippen molar-refractivity contribution in [3.63, 3.8) is 0 Å². The Bertz CT molecular complexity index is 1050. The minimum absolute atomic E-state index is 0.114. The highest BCUT2D eigenvalue weighted by atomic mass is 32.2. The van der Waals surface area contributed by atoms with E-state index in [1.165, 1.54) is 12.1 Å². The summed E-state index contributed by atoms with van der Waals surface area (Å²) in [4.78, 5) is 25.9. The van der Waals surface area contributed by atoms with E-state index in [2.05, 4.69) is 17.2 Å². The van der Waals surface area contributed by atoms with Gasteiger partial charge in [0.25, 0.3) is 0 Å². The Hall–Kier alpha value is -3.11. The number of carbonyl (C=O) groups excluding carboxylic acids is 2. The molecule has 3 rings (SSSR count). The van der Waals surface area contributed by atoms with E-state index in [-0.39, 0.29) is 35.4 Å². The Morgan fingerprint density at radius 2 is 1.77 bits per heavy atom. The van der Waals surface area contributed by atoms with Crippen LogP contribution in [0.15, 0.2) is 59.5 Å². The van der Waals surface area contributed by atoms with Crippen LogP contribution in [0.1, 0.15) is 31.2 Å². The van der Waals surface area contributed by atoms with Crippen LogP contribution in [0.2, 0.25) is 0 Å². The van der Waals surface area contributed by atoms with E-state index in [0.29, 0.717) is 6.42 Å². The zero-order valence-electron chi connectivity index (χ0n) is 16.6. The SMILES string of the molecule is O=C(CCS(=O)(=O)c1ccccc1)NCC#Cc1ccc(N2CCCCC2=O)cc1. The van der Waals surface area contributed by atoms with Crippen LogP contribution in [-0.2, 0) is 19.4 Å². The molecule has 1 N–H and O–H groups in total. The molecule has 0 atom stereocenters. The van der Waals surface area contributed by atoms with Crippen molar-refractivity contribution < 1.29 is 18.0 Å². The molecule has 0 radical (unpaired) electrons. The number of carbonyl (C=O) groups is 2. The van der Waals surface area contributed by atoms with Gasteiger partial charge in [0, 0.05) is 30.6 Å². The fourth-order valence-electron chi connectivity index (χ4n) is 3.15. The molecule has 0 unspecified atom stereocenters. The molecular formula is C23H24N2O4S. The van der Waals surface area contributed by atoms with Crippen molar-refractivity contribution in [1.29, 1.82) is 0 Å². The summed E-state index contributed by atoms with van der Waals surface area (Å²) >= 11 is 0. The molecule has 0 aliphatic carbocycles. The third-order valence-electron chi connectivity index (χ3n) is 4.81. The van der Waals surface area contributed by atoms with Crippen molar-refractivity contribution in [3.05, 3.63) is 60.2 Å². The van der Waals surface area contributed by atoms with E-state index < -0.39 is 9.84 Å². The van der Waals surface area contributed by atoms with Gasteiger partial charge in [0.05, 0.1) is 17.2 Å². The van der Waals surface area contributed by atoms with Crippen molar-refractivity contribution in [2.24, 2.45) is 0 Å². The number of nitrogens with zero attached hydrogens (tertiary/aromatic N) is 1. The quantitative estimate of drug-likeness (QED) is 0.723. The molecule has 1 aliphatic heterocycles. The van der Waals surface area contributed by atoms with Gasteiger partial charge in [-0.3, -0.25) is 9.59 Å². The van der Waals surface area contributed by atoms with Crippen LogP contribution >= 0.6 is 0 Å². The lowest BCUT2D eigenvalue weighted by atomic mass is 10.1. The summed E-state index contributed by atoms with van der Waals surface area (Å²) in [6, 6.07) is 15.5. The van der Waals surface area contributed by atoms with Crippen molar-refractivity contribution in [2.45, 2.75) is 30.6 Å². The highest BCUT2D eigenvalue weighted by molar-refractivity contribution is 7.91. The molecule has 1 fully saturated rings. The smallest absolute Gasteiger partial charge is 0.226 e. The third-order valence-corrected chi connectivity index (χ3v) is 6.54. The number of benzene rings is 2. The predicted molar refractivity (Wildman–Crippen MR) is 116 cm³/mol. The molecule has 2 aromatic carbocycles. The summed E-state index contributed by atoms with van der Waals surface area (Å²) in [5, 5.41) is 2.62. The second-order valence-electron chi connectivity index (χ2n) is 7.01. The lowest BCUT2D eigenvalue weighted by Crippen LogP contribution is -2.35. The molecule has 1 aliphatic rings. The summed E-state index contributed by atoms with van der Waals surface area (Å²) in [6.45, 7) is 0.881. The molecule has 156 valence electrons. The number of piperidine rings is 1. The normalized spacial score (nSPS) is 14.0. The fourth-order valence-corrected chi connectivity index (χ4v) is 4.42. The van der Waals surface area contributed by atoms with Gasteiger partial charge >= 0.3 is 0 Å². The van der Waals surface area contributed by atoms with Crippen LogP contribution in [-0.4, -0.2) is 39.1 Å². The average molecular weight is 425 g/mol. The number of anilines is 1. The topological polar surface area (TPSA) is 83.6 Å². The van der Waals surface area contributed by atoms with Gasteiger partial charge in [-0.15, -0.1) is 0 Å². The first-order valence-corrected chi connectivity index (χ1v) is 11.5. The van der Waals surface area contributed by atoms with E-state index in [0.717, 1.165) is 30.6 Å². The van der Waals surface area contributed by atoms with Gasteiger partial charge in [-0.2, -0.15) is 0 Å². The van der Waals surface area contributed by atoms with Gasteiger partial charge in [0.2, 0.25) is 11.8 Å². The Labute approximate surface area is 177 Å². The van der Waals surface area contributed by atoms with Gasteiger partial charge in [-0.25, -0.2) is 8.42 Å². The summed E-state index contributed by atoms with van der Waals surface area (Å²) in [5.74, 6) is 5.36. The molecule has 6 nitrogen and oxygen atoms in total. The molecule has 0 bridgehead atoms. The number of hydrogen-bond acceptors (Lipinski definition) is 4. The van der Waals surface area contributed by atoms with E-state index >= 15 is 0 Å². The monoisotopic (exact) mass is 424 g/mol. The van der Waals surface area contributed by atoms with E-state index in [1.54, 1.807) is 23.1 Å². The predicted octanol–water partition coefficient (Wildman–Crippen LogP) is 2.54. The largest absolute Gasteiger partial charge is 0.345 e. The first-order chi connectivity index (χ1) is 14.5. The summed E-state index contributed by atoms with van der Waals surface area (Å²) in [7, 11) is -3.47. The Kier molecular flexibility index (Phi) is 7.26. The zero-order chi connectivity index (χ0) is 21.4. The first-order valence-electron chi connectivity index (χ1n) is 9.89. The van der Waals surface area contributed by atoms with Crippen LogP contribution in [0.5, 0.6) is 0 Å². The van der Waals surface area contributed by atoms with E-state index in [9.17, 15) is 18.0 Å². The van der Waals surface area contributed by atoms with Crippen molar-refractivity contribution in [1.82, 2.24) is 5.32 Å². The first kappa shape index (κ1) is 21.6. The maximum atomic E-state index is 12.2. The number of nitrogens with one attached hydrogen (secondary N) is 1. The molecular weight excluding hydrogens is 400 g/mol. The third kappa shape index (κ3) is 5.94. The van der Waals surface area contributed by atoms with Crippen molar-refractivity contribution in [3.8, 4) is 11.8 Å². The summed E-state index contributed by atoms with van der Waals surface area (Å²) in [6.07, 6.45) is 2.44. The number of amides is 2. The van der Waals surface area contributed by atoms with E-state index in [1.807, 2.05) is 24.3 Å². The molecule has 1 heterocycles. The maximum Gasteiger partial charge on any atom is 0.226 e. The highest BCUT2D eigenvalue weighted by Gasteiger charge is 2.19. The molecule has 1 saturated heterocycles. The lowest BCUT2D eigenvalue weighted by molar-refractivity contribution is -0.120. The molecule has 0 spiro atoms. The van der Waals surface area contributed by atoms with Crippen molar-refractivity contribution >= 4 is 27.3 Å². The number of sulfone groups is 1. The summed E-state index contributed by atoms with van der Waals surface area (Å²) in [5.41, 5.74) is 1.65. The Morgan fingerprint density at radius 1 is 1.03 bits per heavy atom. The molecule has 2 aromatic rings. The van der Waals surface area contributed by atoms with Crippen LogP contribution in [0, 0.1) is 11.8 Å². The Balaban J connectivity index is 1.45. The van der Waals surface area contributed by atoms with Crippen LogP contribution < -0.4 is 10.2 Å². The number of rotatable bonds is 6. The van der Waals surface area contributed by atoms with Gasteiger partial charge in [0.15, 0.2) is 9.84 Å². The average Bonchev–Trinajstić information content (AvgIpc) is 2.77. The molecule has 0 aromatic heterocycles. The minimum Gasteiger partial charge on any atom is -0.345 e.